The van der Waals surface area contributed by atoms with Gasteiger partial charge >= 0.3 is 0 Å². The number of ketones is 1. The second-order valence-corrected chi connectivity index (χ2v) is 12.4. The average molecular weight is 518 g/mol. The molecule has 2 aromatic heterocycles. The van der Waals surface area contributed by atoms with Crippen LogP contribution in [0.4, 0.5) is 5.69 Å². The molecule has 4 saturated carbocycles. The second kappa shape index (κ2) is 9.00. The molecule has 5 atom stereocenters. The highest BCUT2D eigenvalue weighted by molar-refractivity contribution is 5.93. The lowest BCUT2D eigenvalue weighted by molar-refractivity contribution is -0.130. The maximum absolute atomic E-state index is 13.0. The third-order valence-corrected chi connectivity index (χ3v) is 9.79. The van der Waals surface area contributed by atoms with Gasteiger partial charge in [-0.3, -0.25) is 14.6 Å². The number of pyridine rings is 1. The lowest BCUT2D eigenvalue weighted by Gasteiger charge is -2.58. The van der Waals surface area contributed by atoms with Crippen molar-refractivity contribution >= 4 is 23.5 Å². The van der Waals surface area contributed by atoms with Crippen LogP contribution in [0.5, 0.6) is 0 Å². The van der Waals surface area contributed by atoms with Crippen molar-refractivity contribution in [3.63, 3.8) is 0 Å². The number of Topliss-reactive ketones (excluding diaryl/α,β-unsaturated/α-hetero) is 1. The average Bonchev–Trinajstić information content (AvgIpc) is 3.56. The summed E-state index contributed by atoms with van der Waals surface area (Å²) in [5, 5.41) is 19.0. The van der Waals surface area contributed by atoms with E-state index in [4.69, 9.17) is 4.52 Å². The largest absolute Gasteiger partial charge is 0.390 e. The zero-order valence-corrected chi connectivity index (χ0v) is 21.9. The van der Waals surface area contributed by atoms with Crippen molar-refractivity contribution in [2.45, 2.75) is 76.4 Å². The van der Waals surface area contributed by atoms with Crippen LogP contribution in [0, 0.1) is 23.7 Å². The Morgan fingerprint density at radius 1 is 1.18 bits per heavy atom. The van der Waals surface area contributed by atoms with Gasteiger partial charge in [0.05, 0.1) is 22.5 Å². The summed E-state index contributed by atoms with van der Waals surface area (Å²) in [5.41, 5.74) is 3.27. The van der Waals surface area contributed by atoms with Crippen molar-refractivity contribution in [2.75, 3.05) is 18.4 Å². The lowest BCUT2D eigenvalue weighted by Crippen LogP contribution is -2.59. The first-order valence-corrected chi connectivity index (χ1v) is 14.2. The monoisotopic (exact) mass is 517 g/mol. The number of anilines is 1. The van der Waals surface area contributed by atoms with E-state index in [0.717, 1.165) is 61.0 Å². The highest BCUT2D eigenvalue weighted by Crippen LogP contribution is 2.56. The Balaban J connectivity index is 1.12. The van der Waals surface area contributed by atoms with Crippen LogP contribution in [0.25, 0.3) is 17.5 Å². The second-order valence-electron chi connectivity index (χ2n) is 12.4. The van der Waals surface area contributed by atoms with Gasteiger partial charge in [-0.25, -0.2) is 0 Å². The van der Waals surface area contributed by atoms with E-state index in [1.165, 1.54) is 12.8 Å². The molecule has 9 nitrogen and oxygen atoms in total. The number of carbonyl (C=O) groups excluding carboxylic acids is 2. The molecule has 6 aliphatic rings. The number of fused-ring (bicyclic) bond motifs is 1. The van der Waals surface area contributed by atoms with E-state index in [2.05, 4.69) is 32.6 Å². The van der Waals surface area contributed by atoms with E-state index >= 15 is 0 Å². The minimum atomic E-state index is -0.484. The molecule has 1 saturated heterocycles. The number of allylic oxidation sites excluding steroid dienone is 1. The van der Waals surface area contributed by atoms with Crippen molar-refractivity contribution in [1.29, 1.82) is 0 Å². The molecule has 4 bridgehead atoms. The molecular formula is C29H35N5O4. The molecule has 1 amide bonds. The Morgan fingerprint density at radius 3 is 2.66 bits per heavy atom. The molecule has 38 heavy (non-hydrogen) atoms. The molecule has 0 radical (unpaired) electrons. The fourth-order valence-corrected chi connectivity index (χ4v) is 8.15. The first-order valence-electron chi connectivity index (χ1n) is 14.2. The number of nitrogens with one attached hydrogen (secondary N) is 1. The summed E-state index contributed by atoms with van der Waals surface area (Å²) in [6, 6.07) is 0.288. The summed E-state index contributed by atoms with van der Waals surface area (Å²) in [6.07, 6.45) is 13.8. The number of aromatic nitrogens is 3. The van der Waals surface area contributed by atoms with Gasteiger partial charge in [0.25, 0.3) is 5.89 Å². The van der Waals surface area contributed by atoms with E-state index < -0.39 is 5.60 Å². The predicted molar refractivity (Wildman–Crippen MR) is 140 cm³/mol. The van der Waals surface area contributed by atoms with Crippen LogP contribution in [0.2, 0.25) is 0 Å². The van der Waals surface area contributed by atoms with Crippen LogP contribution in [-0.2, 0) is 11.2 Å². The van der Waals surface area contributed by atoms with E-state index in [9.17, 15) is 14.7 Å². The van der Waals surface area contributed by atoms with E-state index in [0.29, 0.717) is 43.2 Å². The number of aliphatic hydroxyl groups is 1. The van der Waals surface area contributed by atoms with Gasteiger partial charge in [0.1, 0.15) is 0 Å². The highest BCUT2D eigenvalue weighted by atomic mass is 16.5. The molecule has 2 N–H and O–H groups in total. The molecule has 0 aromatic carbocycles. The Morgan fingerprint density at radius 2 is 1.95 bits per heavy atom. The Bertz CT molecular complexity index is 1290. The number of rotatable bonds is 6. The SMILES string of the molecule is CC(=O)N1CCC(CC(=O)c2noc(-c3cnc4c(c3NC3[C@@H]5CC6C[C@H]3CC(O)(C6)C5)C=CC4)n2)CC1. The van der Waals surface area contributed by atoms with Gasteiger partial charge in [-0.15, -0.1) is 0 Å². The number of hydrogen-bond acceptors (Lipinski definition) is 8. The Hall–Kier alpha value is -3.07. The van der Waals surface area contributed by atoms with Crippen molar-refractivity contribution < 1.29 is 19.2 Å². The minimum Gasteiger partial charge on any atom is -0.390 e. The number of hydrogen-bond donors (Lipinski definition) is 2. The topological polar surface area (TPSA) is 121 Å². The van der Waals surface area contributed by atoms with Crippen molar-refractivity contribution in [3.05, 3.63) is 29.4 Å². The number of nitrogens with zero attached hydrogens (tertiary/aromatic N) is 4. The van der Waals surface area contributed by atoms with Gasteiger partial charge in [-0.1, -0.05) is 17.3 Å². The van der Waals surface area contributed by atoms with Gasteiger partial charge in [-0.05, 0) is 68.6 Å². The maximum Gasteiger partial charge on any atom is 0.262 e. The van der Waals surface area contributed by atoms with Crippen molar-refractivity contribution in [1.82, 2.24) is 20.0 Å². The number of piperidine rings is 1. The normalized spacial score (nSPS) is 31.6. The lowest BCUT2D eigenvalue weighted by atomic mass is 9.52. The molecule has 200 valence electrons. The predicted octanol–water partition coefficient (Wildman–Crippen LogP) is 3.88. The smallest absolute Gasteiger partial charge is 0.262 e. The van der Waals surface area contributed by atoms with Crippen LogP contribution in [0.15, 0.2) is 16.8 Å². The standard InChI is InChI=1S/C29H35N5O4/c1-16(35)34-7-5-17(6-8-34)11-24(36)27-32-28(38-33-27)22-15-30-23-4-2-3-21(23)26(22)31-25-19-9-18-10-20(25)14-29(37,12-18)13-19/h2-3,15,17-20,25,37H,4-14H2,1H3,(H,30,31)/t18?,19-,20+,25?,29?. The van der Waals surface area contributed by atoms with Gasteiger partial charge in [0.15, 0.2) is 0 Å². The Kier molecular flexibility index (Phi) is 5.69. The fourth-order valence-electron chi connectivity index (χ4n) is 8.15. The van der Waals surface area contributed by atoms with E-state index in [-0.39, 0.29) is 29.5 Å². The summed E-state index contributed by atoms with van der Waals surface area (Å²) in [7, 11) is 0. The fraction of sp³-hybridized carbons (Fsp3) is 0.621. The highest BCUT2D eigenvalue weighted by Gasteiger charge is 2.55. The first kappa shape index (κ1) is 24.0. The summed E-state index contributed by atoms with van der Waals surface area (Å²) in [5.74, 6) is 2.12. The summed E-state index contributed by atoms with van der Waals surface area (Å²) >= 11 is 0. The quantitative estimate of drug-likeness (QED) is 0.554. The molecule has 3 heterocycles. The molecule has 3 unspecified atom stereocenters. The summed E-state index contributed by atoms with van der Waals surface area (Å²) in [4.78, 5) is 35.7. The van der Waals surface area contributed by atoms with Gasteiger partial charge < -0.3 is 19.8 Å². The number of carbonyl (C=O) groups is 2. The van der Waals surface area contributed by atoms with Gasteiger partial charge in [0, 0.05) is 50.7 Å². The molecule has 5 fully saturated rings. The van der Waals surface area contributed by atoms with Crippen molar-refractivity contribution in [3.8, 4) is 11.5 Å². The van der Waals surface area contributed by atoms with Crippen LogP contribution in [0.3, 0.4) is 0 Å². The first-order chi connectivity index (χ1) is 18.3. The molecule has 5 aliphatic carbocycles. The zero-order chi connectivity index (χ0) is 26.0. The minimum absolute atomic E-state index is 0.0873. The van der Waals surface area contributed by atoms with E-state index in [1.807, 2.05) is 4.90 Å². The van der Waals surface area contributed by atoms with Crippen LogP contribution in [-0.4, -0.2) is 61.6 Å². The van der Waals surface area contributed by atoms with Crippen LogP contribution < -0.4 is 5.32 Å². The van der Waals surface area contributed by atoms with Gasteiger partial charge in [0.2, 0.25) is 17.5 Å². The molecule has 2 aromatic rings. The molecule has 9 heteroatoms. The van der Waals surface area contributed by atoms with Gasteiger partial charge in [-0.2, -0.15) is 4.98 Å². The summed E-state index contributed by atoms with van der Waals surface area (Å²) < 4.78 is 5.65. The third kappa shape index (κ3) is 4.15. The molecular weight excluding hydrogens is 482 g/mol. The number of likely N-dealkylation sites (tertiary alicyclic amines) is 1. The third-order valence-electron chi connectivity index (χ3n) is 9.79. The van der Waals surface area contributed by atoms with Crippen LogP contribution in [0.1, 0.15) is 80.2 Å². The van der Waals surface area contributed by atoms with E-state index in [1.54, 1.807) is 13.1 Å². The Labute approximate surface area is 222 Å². The number of amides is 1. The molecule has 0 spiro atoms. The van der Waals surface area contributed by atoms with Crippen molar-refractivity contribution in [2.24, 2.45) is 23.7 Å². The summed E-state index contributed by atoms with van der Waals surface area (Å²) in [6.45, 7) is 2.97. The molecule has 1 aliphatic heterocycles. The zero-order valence-electron chi connectivity index (χ0n) is 21.9. The van der Waals surface area contributed by atoms with Crippen LogP contribution >= 0.6 is 0 Å². The molecule has 8 rings (SSSR count). The maximum atomic E-state index is 13.0.